The van der Waals surface area contributed by atoms with Crippen LogP contribution in [0.15, 0.2) is 12.2 Å². The van der Waals surface area contributed by atoms with Crippen molar-refractivity contribution in [2.24, 2.45) is 17.7 Å². The Morgan fingerprint density at radius 2 is 2.05 bits per heavy atom. The largest absolute Gasteiger partial charge is 0.460 e. The molecule has 1 heterocycles. The molecule has 1 aliphatic rings. The van der Waals surface area contributed by atoms with Gasteiger partial charge < -0.3 is 4.74 Å². The van der Waals surface area contributed by atoms with E-state index < -0.39 is 5.60 Å². The first-order valence-corrected chi connectivity index (χ1v) is 7.21. The van der Waals surface area contributed by atoms with Crippen molar-refractivity contribution in [3.05, 3.63) is 12.2 Å². The van der Waals surface area contributed by atoms with E-state index in [4.69, 9.17) is 10.6 Å². The number of carbonyl (C=O) groups is 1. The summed E-state index contributed by atoms with van der Waals surface area (Å²) in [6, 6.07) is 0. The van der Waals surface area contributed by atoms with Gasteiger partial charge in [-0.3, -0.25) is 10.6 Å². The molecule has 2 atom stereocenters. The van der Waals surface area contributed by atoms with Crippen LogP contribution in [0.3, 0.4) is 0 Å². The van der Waals surface area contributed by atoms with Crippen LogP contribution >= 0.6 is 0 Å². The molecule has 19 heavy (non-hydrogen) atoms. The van der Waals surface area contributed by atoms with E-state index in [0.29, 0.717) is 6.54 Å². The van der Waals surface area contributed by atoms with Gasteiger partial charge in [0.05, 0.1) is 5.92 Å². The third kappa shape index (κ3) is 5.74. The summed E-state index contributed by atoms with van der Waals surface area (Å²) in [6.07, 6.45) is 7.50. The molecular formula is C15H28N2O2. The van der Waals surface area contributed by atoms with Crippen LogP contribution in [-0.4, -0.2) is 29.7 Å². The highest BCUT2D eigenvalue weighted by molar-refractivity contribution is 5.74. The average molecular weight is 268 g/mol. The SMILES string of the molecule is CCCC=CC[C@@H]1CN(N)C[C@H]1C(=O)OC(C)(C)C. The lowest BCUT2D eigenvalue weighted by atomic mass is 9.92. The van der Waals surface area contributed by atoms with Crippen molar-refractivity contribution in [1.29, 1.82) is 0 Å². The van der Waals surface area contributed by atoms with Gasteiger partial charge in [0.2, 0.25) is 0 Å². The fraction of sp³-hybridized carbons (Fsp3) is 0.800. The van der Waals surface area contributed by atoms with Crippen LogP contribution in [0.2, 0.25) is 0 Å². The summed E-state index contributed by atoms with van der Waals surface area (Å²) in [5, 5.41) is 1.73. The molecule has 2 N–H and O–H groups in total. The monoisotopic (exact) mass is 268 g/mol. The highest BCUT2D eigenvalue weighted by Gasteiger charge is 2.38. The molecule has 4 nitrogen and oxygen atoms in total. The van der Waals surface area contributed by atoms with Gasteiger partial charge in [-0.2, -0.15) is 0 Å². The predicted octanol–water partition coefficient (Wildman–Crippen LogP) is 2.50. The molecule has 0 aromatic rings. The molecule has 0 saturated carbocycles. The number of nitrogens with two attached hydrogens (primary N) is 1. The molecule has 1 fully saturated rings. The highest BCUT2D eigenvalue weighted by Crippen LogP contribution is 2.27. The predicted molar refractivity (Wildman–Crippen MR) is 77.3 cm³/mol. The van der Waals surface area contributed by atoms with Crippen LogP contribution in [0.1, 0.15) is 47.0 Å². The molecule has 0 aromatic heterocycles. The van der Waals surface area contributed by atoms with E-state index in [9.17, 15) is 4.79 Å². The maximum Gasteiger partial charge on any atom is 0.311 e. The number of nitrogens with zero attached hydrogens (tertiary/aromatic N) is 1. The smallest absolute Gasteiger partial charge is 0.311 e. The first kappa shape index (κ1) is 16.2. The fourth-order valence-electron chi connectivity index (χ4n) is 2.34. The second-order valence-electron chi connectivity index (χ2n) is 6.35. The van der Waals surface area contributed by atoms with Gasteiger partial charge in [-0.05, 0) is 39.5 Å². The van der Waals surface area contributed by atoms with Crippen molar-refractivity contribution in [3.63, 3.8) is 0 Å². The third-order valence-corrected chi connectivity index (χ3v) is 3.24. The molecule has 0 amide bonds. The first-order chi connectivity index (χ1) is 8.83. The molecule has 0 bridgehead atoms. The lowest BCUT2D eigenvalue weighted by molar-refractivity contribution is -0.160. The second-order valence-corrected chi connectivity index (χ2v) is 6.35. The number of unbranched alkanes of at least 4 members (excludes halogenated alkanes) is 1. The Labute approximate surface area is 116 Å². The van der Waals surface area contributed by atoms with Crippen LogP contribution in [0.4, 0.5) is 0 Å². The summed E-state index contributed by atoms with van der Waals surface area (Å²) in [6.45, 7) is 9.22. The summed E-state index contributed by atoms with van der Waals surface area (Å²) in [5.41, 5.74) is -0.429. The second kappa shape index (κ2) is 7.06. The molecule has 1 rings (SSSR count). The zero-order valence-electron chi connectivity index (χ0n) is 12.7. The number of esters is 1. The summed E-state index contributed by atoms with van der Waals surface area (Å²) in [7, 11) is 0. The van der Waals surface area contributed by atoms with Crippen LogP contribution in [-0.2, 0) is 9.53 Å². The van der Waals surface area contributed by atoms with Gasteiger partial charge in [-0.1, -0.05) is 25.5 Å². The Balaban J connectivity index is 2.56. The molecule has 110 valence electrons. The summed E-state index contributed by atoms with van der Waals surface area (Å²) >= 11 is 0. The number of carbonyl (C=O) groups excluding carboxylic acids is 1. The van der Waals surface area contributed by atoms with Crippen LogP contribution < -0.4 is 5.84 Å². The van der Waals surface area contributed by atoms with Gasteiger partial charge in [-0.25, -0.2) is 5.01 Å². The van der Waals surface area contributed by atoms with E-state index in [1.165, 1.54) is 0 Å². The van der Waals surface area contributed by atoms with Crippen LogP contribution in [0.25, 0.3) is 0 Å². The Morgan fingerprint density at radius 1 is 1.37 bits per heavy atom. The molecule has 4 heteroatoms. The van der Waals surface area contributed by atoms with E-state index in [1.807, 2.05) is 20.8 Å². The van der Waals surface area contributed by atoms with Gasteiger partial charge >= 0.3 is 5.97 Å². The van der Waals surface area contributed by atoms with Gasteiger partial charge in [0.15, 0.2) is 0 Å². The van der Waals surface area contributed by atoms with E-state index in [2.05, 4.69) is 19.1 Å². The number of rotatable bonds is 5. The van der Waals surface area contributed by atoms with Crippen LogP contribution in [0, 0.1) is 11.8 Å². The Kier molecular flexibility index (Phi) is 6.01. The molecule has 0 unspecified atom stereocenters. The zero-order valence-corrected chi connectivity index (χ0v) is 12.7. The van der Waals surface area contributed by atoms with E-state index in [1.54, 1.807) is 5.01 Å². The number of hydrogen-bond donors (Lipinski definition) is 1. The number of allylic oxidation sites excluding steroid dienone is 2. The minimum absolute atomic E-state index is 0.101. The molecule has 0 radical (unpaired) electrons. The quantitative estimate of drug-likeness (QED) is 0.473. The van der Waals surface area contributed by atoms with Crippen molar-refractivity contribution in [1.82, 2.24) is 5.01 Å². The zero-order chi connectivity index (χ0) is 14.5. The van der Waals surface area contributed by atoms with Crippen molar-refractivity contribution >= 4 is 5.97 Å². The van der Waals surface area contributed by atoms with Crippen LogP contribution in [0.5, 0.6) is 0 Å². The third-order valence-electron chi connectivity index (χ3n) is 3.24. The van der Waals surface area contributed by atoms with Crippen molar-refractivity contribution in [3.8, 4) is 0 Å². The molecule has 0 aliphatic carbocycles. The lowest BCUT2D eigenvalue weighted by Crippen LogP contribution is -2.33. The first-order valence-electron chi connectivity index (χ1n) is 7.21. The van der Waals surface area contributed by atoms with E-state index >= 15 is 0 Å². The molecule has 0 aromatic carbocycles. The van der Waals surface area contributed by atoms with Gasteiger partial charge in [0.25, 0.3) is 0 Å². The van der Waals surface area contributed by atoms with Gasteiger partial charge in [0.1, 0.15) is 5.60 Å². The maximum atomic E-state index is 12.2. The van der Waals surface area contributed by atoms with Crippen molar-refractivity contribution in [2.45, 2.75) is 52.6 Å². The minimum atomic E-state index is -0.429. The molecule has 0 spiro atoms. The summed E-state index contributed by atoms with van der Waals surface area (Å²) < 4.78 is 5.48. The maximum absolute atomic E-state index is 12.2. The number of ether oxygens (including phenoxy) is 1. The van der Waals surface area contributed by atoms with Gasteiger partial charge in [0, 0.05) is 13.1 Å². The molecule has 1 saturated heterocycles. The van der Waals surface area contributed by atoms with E-state index in [-0.39, 0.29) is 17.8 Å². The molecule has 1 aliphatic heterocycles. The standard InChI is InChI=1S/C15H28N2O2/c1-5-6-7-8-9-12-10-17(16)11-13(12)14(18)19-15(2,3)4/h7-8,12-13H,5-6,9-11,16H2,1-4H3/t12-,13-/m1/s1. The Bertz CT molecular complexity index is 321. The molecular weight excluding hydrogens is 240 g/mol. The fourth-order valence-corrected chi connectivity index (χ4v) is 2.34. The summed E-state index contributed by atoms with van der Waals surface area (Å²) in [4.78, 5) is 12.2. The average Bonchev–Trinajstić information content (AvgIpc) is 2.64. The Hall–Kier alpha value is -0.870. The topological polar surface area (TPSA) is 55.6 Å². The highest BCUT2D eigenvalue weighted by atomic mass is 16.6. The summed E-state index contributed by atoms with van der Waals surface area (Å²) in [5.74, 6) is 5.90. The lowest BCUT2D eigenvalue weighted by Gasteiger charge is -2.24. The van der Waals surface area contributed by atoms with Crippen molar-refractivity contribution < 1.29 is 9.53 Å². The Morgan fingerprint density at radius 3 is 2.63 bits per heavy atom. The number of hydrogen-bond acceptors (Lipinski definition) is 4. The van der Waals surface area contributed by atoms with E-state index in [0.717, 1.165) is 25.8 Å². The minimum Gasteiger partial charge on any atom is -0.460 e. The van der Waals surface area contributed by atoms with Crippen molar-refractivity contribution in [2.75, 3.05) is 13.1 Å². The normalized spacial score (nSPS) is 25.1. The number of hydrazine groups is 1. The van der Waals surface area contributed by atoms with Gasteiger partial charge in [-0.15, -0.1) is 0 Å².